The molecular formula is C12H14N2O4. The number of aliphatic hydroxyl groups is 1. The molecule has 2 heterocycles. The highest BCUT2D eigenvalue weighted by atomic mass is 16.7. The molecule has 0 saturated heterocycles. The second-order valence-electron chi connectivity index (χ2n) is 4.50. The van der Waals surface area contributed by atoms with Crippen LogP contribution in [0.2, 0.25) is 0 Å². The van der Waals surface area contributed by atoms with Crippen LogP contribution < -0.4 is 0 Å². The summed E-state index contributed by atoms with van der Waals surface area (Å²) in [4.78, 5) is 20.3. The van der Waals surface area contributed by atoms with Gasteiger partial charge in [0.1, 0.15) is 17.5 Å². The Morgan fingerprint density at radius 2 is 2.22 bits per heavy atom. The largest absolute Gasteiger partial charge is 0.464 e. The number of rotatable bonds is 2. The lowest BCUT2D eigenvalue weighted by molar-refractivity contribution is -0.0476. The van der Waals surface area contributed by atoms with Gasteiger partial charge in [-0.3, -0.25) is 0 Å². The number of carbonyl (C=O) groups is 1. The van der Waals surface area contributed by atoms with Crippen molar-refractivity contribution in [1.29, 1.82) is 0 Å². The van der Waals surface area contributed by atoms with Gasteiger partial charge in [0.15, 0.2) is 5.60 Å². The molecule has 0 radical (unpaired) electrons. The lowest BCUT2D eigenvalue weighted by Gasteiger charge is -2.19. The Morgan fingerprint density at radius 3 is 2.67 bits per heavy atom. The molecule has 0 fully saturated rings. The Kier molecular flexibility index (Phi) is 3.04. The number of aliphatic hydroxyl groups excluding tert-OH is 1. The van der Waals surface area contributed by atoms with Crippen molar-refractivity contribution >= 4 is 11.7 Å². The maximum absolute atomic E-state index is 11.2. The number of hydrogen-bond acceptors (Lipinski definition) is 6. The molecular weight excluding hydrogens is 236 g/mol. The van der Waals surface area contributed by atoms with E-state index in [-0.39, 0.29) is 5.69 Å². The summed E-state index contributed by atoms with van der Waals surface area (Å²) in [5.41, 5.74) is 0.468. The van der Waals surface area contributed by atoms with E-state index in [0.717, 1.165) is 0 Å². The molecule has 1 aliphatic heterocycles. The van der Waals surface area contributed by atoms with Gasteiger partial charge >= 0.3 is 5.97 Å². The third kappa shape index (κ3) is 2.06. The summed E-state index contributed by atoms with van der Waals surface area (Å²) in [6, 6.07) is 3.16. The smallest absolute Gasteiger partial charge is 0.356 e. The average molecular weight is 250 g/mol. The van der Waals surface area contributed by atoms with Crippen LogP contribution in [0.25, 0.3) is 0 Å². The number of ether oxygens (including phenoxy) is 1. The number of aromatic nitrogens is 1. The predicted octanol–water partition coefficient (Wildman–Crippen LogP) is 0.742. The maximum Gasteiger partial charge on any atom is 0.356 e. The van der Waals surface area contributed by atoms with Gasteiger partial charge in [-0.2, -0.15) is 0 Å². The average Bonchev–Trinajstić information content (AvgIpc) is 2.64. The molecule has 1 aromatic heterocycles. The van der Waals surface area contributed by atoms with E-state index < -0.39 is 17.7 Å². The van der Waals surface area contributed by atoms with Crippen LogP contribution in [0.3, 0.4) is 0 Å². The Bertz CT molecular complexity index is 493. The van der Waals surface area contributed by atoms with Gasteiger partial charge in [0.25, 0.3) is 0 Å². The molecule has 2 rings (SSSR count). The van der Waals surface area contributed by atoms with Gasteiger partial charge in [0.2, 0.25) is 0 Å². The van der Waals surface area contributed by atoms with Gasteiger partial charge in [-0.05, 0) is 26.0 Å². The minimum absolute atomic E-state index is 0.203. The van der Waals surface area contributed by atoms with E-state index >= 15 is 0 Å². The van der Waals surface area contributed by atoms with Crippen LogP contribution in [-0.2, 0) is 9.57 Å². The first-order valence-corrected chi connectivity index (χ1v) is 5.44. The summed E-state index contributed by atoms with van der Waals surface area (Å²) < 4.78 is 4.55. The van der Waals surface area contributed by atoms with E-state index in [1.807, 2.05) is 0 Å². The highest BCUT2D eigenvalue weighted by Gasteiger charge is 2.40. The number of hydrogen-bond donors (Lipinski definition) is 1. The summed E-state index contributed by atoms with van der Waals surface area (Å²) >= 11 is 0. The zero-order valence-corrected chi connectivity index (χ0v) is 10.4. The van der Waals surface area contributed by atoms with Gasteiger partial charge in [0.05, 0.1) is 7.11 Å². The standard InChI is InChI=1S/C12H14N2O4/c1-12(2)10(15)9(14-18-12)7-4-5-8(13-6-7)11(16)17-3/h4-6,10,15H,1-3H3. The van der Waals surface area contributed by atoms with E-state index in [2.05, 4.69) is 14.9 Å². The SMILES string of the molecule is COC(=O)c1ccc(C2=NOC(C)(C)C2O)cn1. The Labute approximate surface area is 104 Å². The molecule has 0 saturated carbocycles. The topological polar surface area (TPSA) is 81.0 Å². The maximum atomic E-state index is 11.2. The third-order valence-corrected chi connectivity index (χ3v) is 2.75. The van der Waals surface area contributed by atoms with E-state index in [0.29, 0.717) is 11.3 Å². The molecule has 1 aliphatic rings. The van der Waals surface area contributed by atoms with Crippen LogP contribution >= 0.6 is 0 Å². The molecule has 0 bridgehead atoms. The second-order valence-corrected chi connectivity index (χ2v) is 4.50. The molecule has 6 nitrogen and oxygen atoms in total. The van der Waals surface area contributed by atoms with Crippen molar-refractivity contribution < 1.29 is 19.5 Å². The van der Waals surface area contributed by atoms with Crippen LogP contribution in [0.5, 0.6) is 0 Å². The van der Waals surface area contributed by atoms with Gasteiger partial charge in [-0.15, -0.1) is 0 Å². The molecule has 1 unspecified atom stereocenters. The van der Waals surface area contributed by atoms with Gasteiger partial charge in [0, 0.05) is 11.8 Å². The van der Waals surface area contributed by atoms with Crippen LogP contribution in [0.1, 0.15) is 29.9 Å². The van der Waals surface area contributed by atoms with Crippen LogP contribution in [-0.4, -0.2) is 40.6 Å². The van der Waals surface area contributed by atoms with Crippen molar-refractivity contribution in [2.75, 3.05) is 7.11 Å². The molecule has 0 aliphatic carbocycles. The summed E-state index contributed by atoms with van der Waals surface area (Å²) in [7, 11) is 1.29. The van der Waals surface area contributed by atoms with E-state index in [9.17, 15) is 9.90 Å². The molecule has 1 aromatic rings. The van der Waals surface area contributed by atoms with E-state index in [4.69, 9.17) is 4.84 Å². The highest BCUT2D eigenvalue weighted by Crippen LogP contribution is 2.26. The van der Waals surface area contributed by atoms with Crippen molar-refractivity contribution in [3.8, 4) is 0 Å². The number of esters is 1. The number of nitrogens with zero attached hydrogens (tertiary/aromatic N) is 2. The molecule has 1 atom stereocenters. The van der Waals surface area contributed by atoms with Crippen LogP contribution in [0.15, 0.2) is 23.5 Å². The van der Waals surface area contributed by atoms with E-state index in [1.54, 1.807) is 19.9 Å². The second kappa shape index (κ2) is 4.38. The first kappa shape index (κ1) is 12.5. The van der Waals surface area contributed by atoms with Crippen molar-refractivity contribution in [1.82, 2.24) is 4.98 Å². The Morgan fingerprint density at radius 1 is 1.50 bits per heavy atom. The zero-order chi connectivity index (χ0) is 13.3. The first-order chi connectivity index (χ1) is 8.45. The van der Waals surface area contributed by atoms with E-state index in [1.165, 1.54) is 19.4 Å². The molecule has 0 amide bonds. The van der Waals surface area contributed by atoms with Gasteiger partial charge < -0.3 is 14.7 Å². The molecule has 0 aromatic carbocycles. The summed E-state index contributed by atoms with van der Waals surface area (Å²) in [6.07, 6.45) is 0.627. The molecule has 96 valence electrons. The molecule has 0 spiro atoms. The molecule has 6 heteroatoms. The monoisotopic (exact) mass is 250 g/mol. The summed E-state index contributed by atoms with van der Waals surface area (Å²) in [5, 5.41) is 13.9. The first-order valence-electron chi connectivity index (χ1n) is 5.44. The minimum Gasteiger partial charge on any atom is -0.464 e. The fraction of sp³-hybridized carbons (Fsp3) is 0.417. The Hall–Kier alpha value is -1.95. The van der Waals surface area contributed by atoms with Crippen LogP contribution in [0, 0.1) is 0 Å². The van der Waals surface area contributed by atoms with Crippen molar-refractivity contribution in [3.05, 3.63) is 29.6 Å². The lowest BCUT2D eigenvalue weighted by Crippen LogP contribution is -2.38. The summed E-state index contributed by atoms with van der Waals surface area (Å²) in [6.45, 7) is 3.48. The minimum atomic E-state index is -0.830. The highest BCUT2D eigenvalue weighted by molar-refractivity contribution is 6.05. The fourth-order valence-electron chi connectivity index (χ4n) is 1.58. The number of pyridine rings is 1. The van der Waals surface area contributed by atoms with Crippen molar-refractivity contribution in [3.63, 3.8) is 0 Å². The van der Waals surface area contributed by atoms with Gasteiger partial charge in [-0.1, -0.05) is 5.16 Å². The van der Waals surface area contributed by atoms with Crippen LogP contribution in [0.4, 0.5) is 0 Å². The van der Waals surface area contributed by atoms with Crippen molar-refractivity contribution in [2.24, 2.45) is 5.16 Å². The van der Waals surface area contributed by atoms with Crippen molar-refractivity contribution in [2.45, 2.75) is 25.6 Å². The summed E-state index contributed by atoms with van der Waals surface area (Å²) in [5.74, 6) is -0.507. The predicted molar refractivity (Wildman–Crippen MR) is 63.3 cm³/mol. The molecule has 1 N–H and O–H groups in total. The molecule has 18 heavy (non-hydrogen) atoms. The number of carbonyl (C=O) groups excluding carboxylic acids is 1. The zero-order valence-electron chi connectivity index (χ0n) is 10.4. The lowest BCUT2D eigenvalue weighted by atomic mass is 9.95. The normalized spacial score (nSPS) is 21.1. The number of methoxy groups -OCH3 is 1. The fourth-order valence-corrected chi connectivity index (χ4v) is 1.58. The Balaban J connectivity index is 2.24. The van der Waals surface area contributed by atoms with Gasteiger partial charge in [-0.25, -0.2) is 9.78 Å². The third-order valence-electron chi connectivity index (χ3n) is 2.75. The number of oxime groups is 1. The quantitative estimate of drug-likeness (QED) is 0.783.